The Bertz CT molecular complexity index is 236. The van der Waals surface area contributed by atoms with Crippen LogP contribution in [0.3, 0.4) is 0 Å². The van der Waals surface area contributed by atoms with Crippen molar-refractivity contribution in [2.75, 3.05) is 40.3 Å². The van der Waals surface area contributed by atoms with E-state index in [-0.39, 0.29) is 12.4 Å². The summed E-state index contributed by atoms with van der Waals surface area (Å²) in [6.07, 6.45) is 1.82. The van der Waals surface area contributed by atoms with Crippen molar-refractivity contribution in [2.24, 2.45) is 5.92 Å². The van der Waals surface area contributed by atoms with Crippen molar-refractivity contribution in [3.05, 3.63) is 0 Å². The van der Waals surface area contributed by atoms with E-state index in [1.165, 1.54) is 26.6 Å². The second-order valence-electron chi connectivity index (χ2n) is 4.84. The number of ether oxygens (including phenoxy) is 1. The number of carbonyl (C=O) groups is 1. The van der Waals surface area contributed by atoms with Crippen LogP contribution in [0.15, 0.2) is 0 Å². The lowest BCUT2D eigenvalue weighted by atomic mass is 10.1. The third kappa shape index (κ3) is 6.00. The Hall–Kier alpha value is -0.650. The minimum absolute atomic E-state index is 0.0651. The number of carbonyl (C=O) groups excluding carboxylic acids is 1. The molecule has 0 aliphatic carbocycles. The predicted octanol–water partition coefficient (Wildman–Crippen LogP) is -0.158. The topological polar surface area (TPSA) is 61.8 Å². The molecule has 0 bridgehead atoms. The highest BCUT2D eigenvalue weighted by atomic mass is 16.5. The van der Waals surface area contributed by atoms with Crippen LogP contribution in [-0.4, -0.2) is 62.4 Å². The van der Waals surface area contributed by atoms with Gasteiger partial charge in [0.25, 0.3) is 0 Å². The van der Waals surface area contributed by atoms with Crippen LogP contribution in [0.2, 0.25) is 0 Å². The van der Waals surface area contributed by atoms with Crippen LogP contribution in [-0.2, 0) is 9.53 Å². The molecular formula is C12H24N2O3. The van der Waals surface area contributed by atoms with E-state index in [2.05, 4.69) is 22.0 Å². The highest BCUT2D eigenvalue weighted by Crippen LogP contribution is 2.16. The molecular weight excluding hydrogens is 220 g/mol. The smallest absolute Gasteiger partial charge is 0.308 e. The summed E-state index contributed by atoms with van der Waals surface area (Å²) >= 11 is 0. The molecule has 0 aromatic carbocycles. The first-order valence-corrected chi connectivity index (χ1v) is 6.26. The molecule has 1 saturated heterocycles. The van der Waals surface area contributed by atoms with Crippen LogP contribution in [0.4, 0.5) is 0 Å². The van der Waals surface area contributed by atoms with E-state index >= 15 is 0 Å². The van der Waals surface area contributed by atoms with Gasteiger partial charge in [-0.25, -0.2) is 0 Å². The quantitative estimate of drug-likeness (QED) is 0.481. The first-order chi connectivity index (χ1) is 8.11. The predicted molar refractivity (Wildman–Crippen MR) is 65.7 cm³/mol. The van der Waals surface area contributed by atoms with Gasteiger partial charge in [-0.3, -0.25) is 4.79 Å². The fourth-order valence-corrected chi connectivity index (χ4v) is 2.18. The summed E-state index contributed by atoms with van der Waals surface area (Å²) < 4.78 is 4.49. The van der Waals surface area contributed by atoms with Crippen LogP contribution >= 0.6 is 0 Å². The Morgan fingerprint density at radius 2 is 2.41 bits per heavy atom. The fourth-order valence-electron chi connectivity index (χ4n) is 2.18. The molecule has 1 fully saturated rings. The lowest BCUT2D eigenvalue weighted by Crippen LogP contribution is -2.30. The van der Waals surface area contributed by atoms with Gasteiger partial charge in [0.05, 0.1) is 19.6 Å². The van der Waals surface area contributed by atoms with Crippen LogP contribution in [0.1, 0.15) is 19.3 Å². The Morgan fingerprint density at radius 1 is 1.65 bits per heavy atom. The highest BCUT2D eigenvalue weighted by Gasteiger charge is 2.18. The number of aliphatic hydroxyl groups is 1. The van der Waals surface area contributed by atoms with E-state index < -0.39 is 6.10 Å². The number of hydrogen-bond acceptors (Lipinski definition) is 5. The summed E-state index contributed by atoms with van der Waals surface area (Å²) in [5.74, 6) is 0.405. The van der Waals surface area contributed by atoms with Gasteiger partial charge in [0.15, 0.2) is 0 Å². The fraction of sp³-hybridized carbons (Fsp3) is 0.917. The third-order valence-corrected chi connectivity index (χ3v) is 3.23. The molecule has 1 heterocycles. The number of nitrogens with one attached hydrogen (secondary N) is 1. The molecule has 5 nitrogen and oxygen atoms in total. The molecule has 0 radical (unpaired) electrons. The summed E-state index contributed by atoms with van der Waals surface area (Å²) in [6.45, 7) is 3.72. The van der Waals surface area contributed by atoms with Crippen LogP contribution < -0.4 is 5.32 Å². The van der Waals surface area contributed by atoms with Crippen LogP contribution in [0, 0.1) is 5.92 Å². The van der Waals surface area contributed by atoms with Crippen molar-refractivity contribution in [3.8, 4) is 0 Å². The number of methoxy groups -OCH3 is 1. The van der Waals surface area contributed by atoms with E-state index in [9.17, 15) is 9.90 Å². The van der Waals surface area contributed by atoms with Gasteiger partial charge in [0.1, 0.15) is 0 Å². The lowest BCUT2D eigenvalue weighted by molar-refractivity contribution is -0.142. The summed E-state index contributed by atoms with van der Waals surface area (Å²) in [4.78, 5) is 13.2. The first-order valence-electron chi connectivity index (χ1n) is 6.26. The average Bonchev–Trinajstić information content (AvgIpc) is 2.70. The van der Waals surface area contributed by atoms with Gasteiger partial charge in [-0.05, 0) is 38.9 Å². The van der Waals surface area contributed by atoms with E-state index in [0.29, 0.717) is 6.54 Å². The van der Waals surface area contributed by atoms with E-state index in [4.69, 9.17) is 0 Å². The monoisotopic (exact) mass is 244 g/mol. The molecule has 2 unspecified atom stereocenters. The zero-order valence-electron chi connectivity index (χ0n) is 10.8. The van der Waals surface area contributed by atoms with Gasteiger partial charge in [0, 0.05) is 13.1 Å². The summed E-state index contributed by atoms with van der Waals surface area (Å²) in [5.41, 5.74) is 0. The minimum atomic E-state index is -0.645. The van der Waals surface area contributed by atoms with Crippen molar-refractivity contribution in [2.45, 2.75) is 25.4 Å². The van der Waals surface area contributed by atoms with Crippen molar-refractivity contribution >= 4 is 5.97 Å². The van der Waals surface area contributed by atoms with Gasteiger partial charge in [0.2, 0.25) is 0 Å². The molecule has 1 rings (SSSR count). The second-order valence-corrected chi connectivity index (χ2v) is 4.84. The standard InChI is InChI=1S/C12H24N2O3/c1-14-6-4-10(9-14)3-5-13-8-11(15)7-12(16)17-2/h10-11,13,15H,3-9H2,1-2H3. The van der Waals surface area contributed by atoms with Crippen molar-refractivity contribution in [3.63, 3.8) is 0 Å². The molecule has 0 aromatic rings. The molecule has 2 atom stereocenters. The summed E-state index contributed by atoms with van der Waals surface area (Å²) in [5, 5.41) is 12.7. The van der Waals surface area contributed by atoms with E-state index in [0.717, 1.165) is 18.9 Å². The molecule has 100 valence electrons. The van der Waals surface area contributed by atoms with Gasteiger partial charge >= 0.3 is 5.97 Å². The molecule has 0 amide bonds. The van der Waals surface area contributed by atoms with Crippen molar-refractivity contribution < 1.29 is 14.6 Å². The minimum Gasteiger partial charge on any atom is -0.469 e. The number of nitrogens with zero attached hydrogens (tertiary/aromatic N) is 1. The molecule has 1 aliphatic rings. The average molecular weight is 244 g/mol. The molecule has 2 N–H and O–H groups in total. The van der Waals surface area contributed by atoms with Gasteiger partial charge in [-0.15, -0.1) is 0 Å². The number of likely N-dealkylation sites (tertiary alicyclic amines) is 1. The maximum absolute atomic E-state index is 10.9. The zero-order valence-corrected chi connectivity index (χ0v) is 10.8. The highest BCUT2D eigenvalue weighted by molar-refractivity contribution is 5.69. The van der Waals surface area contributed by atoms with Crippen molar-refractivity contribution in [1.29, 1.82) is 0 Å². The Morgan fingerprint density at radius 3 is 3.00 bits per heavy atom. The van der Waals surface area contributed by atoms with Gasteiger partial charge in [-0.2, -0.15) is 0 Å². The summed E-state index contributed by atoms with van der Waals surface area (Å²) in [7, 11) is 3.48. The Labute approximate surface area is 103 Å². The molecule has 0 saturated carbocycles. The van der Waals surface area contributed by atoms with E-state index in [1.807, 2.05) is 0 Å². The Balaban J connectivity index is 1.98. The lowest BCUT2D eigenvalue weighted by Gasteiger charge is -2.13. The second kappa shape index (κ2) is 7.63. The molecule has 5 heteroatoms. The molecule has 0 spiro atoms. The number of aliphatic hydroxyl groups excluding tert-OH is 1. The van der Waals surface area contributed by atoms with Crippen LogP contribution in [0.5, 0.6) is 0 Å². The third-order valence-electron chi connectivity index (χ3n) is 3.23. The number of hydrogen-bond donors (Lipinski definition) is 2. The Kier molecular flexibility index (Phi) is 6.47. The van der Waals surface area contributed by atoms with Crippen molar-refractivity contribution in [1.82, 2.24) is 10.2 Å². The maximum Gasteiger partial charge on any atom is 0.308 e. The van der Waals surface area contributed by atoms with E-state index in [1.54, 1.807) is 0 Å². The normalized spacial score (nSPS) is 22.6. The largest absolute Gasteiger partial charge is 0.469 e. The zero-order chi connectivity index (χ0) is 12.7. The molecule has 1 aliphatic heterocycles. The SMILES string of the molecule is COC(=O)CC(O)CNCCC1CCN(C)C1. The number of esters is 1. The number of rotatable bonds is 7. The van der Waals surface area contributed by atoms with Gasteiger partial charge in [-0.1, -0.05) is 0 Å². The van der Waals surface area contributed by atoms with Gasteiger partial charge < -0.3 is 20.1 Å². The maximum atomic E-state index is 10.9. The first kappa shape index (κ1) is 14.4. The summed E-state index contributed by atoms with van der Waals surface area (Å²) in [6, 6.07) is 0. The van der Waals surface area contributed by atoms with Crippen LogP contribution in [0.25, 0.3) is 0 Å². The molecule has 0 aromatic heterocycles. The molecule has 17 heavy (non-hydrogen) atoms.